The van der Waals surface area contributed by atoms with Crippen molar-refractivity contribution in [2.45, 2.75) is 91.7 Å². The van der Waals surface area contributed by atoms with Gasteiger partial charge in [-0.1, -0.05) is 34.6 Å². The standard InChI is InChI=1S/C14H23NO3.C8H14O/c1-14(2,3)12(16)10-6-4-8-15(10)13(17)11-7-5-9-18-11;1-6(2)8(9)5-7-3-4-7/h10-11H,4-9H2,1-3H3;6-7H,3-5H2,1-2H3/t10-,11+;/m0./s1. The Hall–Kier alpha value is -1.23. The van der Waals surface area contributed by atoms with Crippen LogP contribution in [0.2, 0.25) is 0 Å². The van der Waals surface area contributed by atoms with Crippen LogP contribution in [0.4, 0.5) is 0 Å². The maximum Gasteiger partial charge on any atom is 0.252 e. The van der Waals surface area contributed by atoms with Crippen molar-refractivity contribution in [2.75, 3.05) is 13.2 Å². The SMILES string of the molecule is CC(C)(C)C(=O)[C@@H]1CCCN1C(=O)[C@H]1CCCO1.CC(C)C(=O)CC1CC1. The fraction of sp³-hybridized carbons (Fsp3) is 0.864. The second-order valence-corrected chi connectivity index (χ2v) is 9.57. The molecule has 1 aliphatic carbocycles. The van der Waals surface area contributed by atoms with Crippen LogP contribution in [0.3, 0.4) is 0 Å². The van der Waals surface area contributed by atoms with Gasteiger partial charge in [-0.3, -0.25) is 14.4 Å². The molecule has 3 aliphatic rings. The maximum absolute atomic E-state index is 12.4. The van der Waals surface area contributed by atoms with Crippen LogP contribution in [0.1, 0.15) is 79.6 Å². The molecule has 0 unspecified atom stereocenters. The third-order valence-electron chi connectivity index (χ3n) is 5.61. The number of likely N-dealkylation sites (tertiary alicyclic amines) is 1. The number of rotatable bonds is 5. The van der Waals surface area contributed by atoms with Gasteiger partial charge in [-0.05, 0) is 44.4 Å². The predicted octanol–water partition coefficient (Wildman–Crippen LogP) is 3.78. The van der Waals surface area contributed by atoms with Crippen LogP contribution in [0.15, 0.2) is 0 Å². The van der Waals surface area contributed by atoms with Gasteiger partial charge in [-0.25, -0.2) is 0 Å². The zero-order valence-electron chi connectivity index (χ0n) is 17.8. The summed E-state index contributed by atoms with van der Waals surface area (Å²) in [6, 6.07) is -0.235. The average Bonchev–Trinajstić information content (AvgIpc) is 3.07. The average molecular weight is 380 g/mol. The fourth-order valence-corrected chi connectivity index (χ4v) is 3.60. The highest BCUT2D eigenvalue weighted by Crippen LogP contribution is 2.33. The quantitative estimate of drug-likeness (QED) is 0.729. The lowest BCUT2D eigenvalue weighted by Crippen LogP contribution is -2.48. The summed E-state index contributed by atoms with van der Waals surface area (Å²) in [5, 5.41) is 0. The van der Waals surface area contributed by atoms with E-state index in [0.29, 0.717) is 18.9 Å². The molecule has 3 fully saturated rings. The van der Waals surface area contributed by atoms with E-state index in [1.165, 1.54) is 12.8 Å². The number of ether oxygens (including phenoxy) is 1. The largest absolute Gasteiger partial charge is 0.368 e. The van der Waals surface area contributed by atoms with E-state index in [1.807, 2.05) is 34.6 Å². The maximum atomic E-state index is 12.4. The molecule has 2 heterocycles. The highest BCUT2D eigenvalue weighted by molar-refractivity contribution is 5.93. The van der Waals surface area contributed by atoms with Gasteiger partial charge >= 0.3 is 0 Å². The molecule has 2 atom stereocenters. The van der Waals surface area contributed by atoms with Gasteiger partial charge in [-0.15, -0.1) is 0 Å². The number of ketones is 2. The highest BCUT2D eigenvalue weighted by atomic mass is 16.5. The first kappa shape index (κ1) is 22.1. The lowest BCUT2D eigenvalue weighted by atomic mass is 9.85. The van der Waals surface area contributed by atoms with Crippen molar-refractivity contribution in [3.63, 3.8) is 0 Å². The fourth-order valence-electron chi connectivity index (χ4n) is 3.60. The topological polar surface area (TPSA) is 63.7 Å². The Morgan fingerprint density at radius 1 is 1.04 bits per heavy atom. The molecule has 154 valence electrons. The summed E-state index contributed by atoms with van der Waals surface area (Å²) < 4.78 is 5.44. The number of Topliss-reactive ketones (excluding diaryl/α,β-unsaturated/α-hetero) is 2. The van der Waals surface area contributed by atoms with Gasteiger partial charge in [0.2, 0.25) is 0 Å². The molecule has 3 rings (SSSR count). The van der Waals surface area contributed by atoms with E-state index in [4.69, 9.17) is 4.74 Å². The summed E-state index contributed by atoms with van der Waals surface area (Å²) in [6.07, 6.45) is 6.58. The summed E-state index contributed by atoms with van der Waals surface area (Å²) in [5.74, 6) is 1.65. The van der Waals surface area contributed by atoms with E-state index in [9.17, 15) is 14.4 Å². The Morgan fingerprint density at radius 2 is 1.70 bits per heavy atom. The van der Waals surface area contributed by atoms with E-state index in [2.05, 4.69) is 0 Å². The van der Waals surface area contributed by atoms with Crippen molar-refractivity contribution >= 4 is 17.5 Å². The highest BCUT2D eigenvalue weighted by Gasteiger charge is 2.41. The van der Waals surface area contributed by atoms with Gasteiger partial charge in [0.1, 0.15) is 11.9 Å². The molecule has 5 nitrogen and oxygen atoms in total. The predicted molar refractivity (Wildman–Crippen MR) is 105 cm³/mol. The second kappa shape index (κ2) is 9.31. The van der Waals surface area contributed by atoms with Crippen LogP contribution < -0.4 is 0 Å². The smallest absolute Gasteiger partial charge is 0.252 e. The molecule has 0 aromatic rings. The van der Waals surface area contributed by atoms with Crippen LogP contribution in [-0.4, -0.2) is 47.7 Å². The zero-order valence-corrected chi connectivity index (χ0v) is 17.8. The molecule has 0 spiro atoms. The number of carbonyl (C=O) groups is 3. The summed E-state index contributed by atoms with van der Waals surface area (Å²) >= 11 is 0. The molecule has 0 bridgehead atoms. The third kappa shape index (κ3) is 6.41. The minimum atomic E-state index is -0.385. The molecule has 5 heteroatoms. The van der Waals surface area contributed by atoms with Gasteiger partial charge in [0.05, 0.1) is 6.04 Å². The van der Waals surface area contributed by atoms with Gasteiger partial charge in [0, 0.05) is 30.9 Å². The lowest BCUT2D eigenvalue weighted by Gasteiger charge is -2.30. The summed E-state index contributed by atoms with van der Waals surface area (Å²) in [6.45, 7) is 11.1. The van der Waals surface area contributed by atoms with Gasteiger partial charge in [0.25, 0.3) is 5.91 Å². The molecule has 27 heavy (non-hydrogen) atoms. The Morgan fingerprint density at radius 3 is 2.19 bits per heavy atom. The number of hydrogen-bond acceptors (Lipinski definition) is 4. The van der Waals surface area contributed by atoms with Crippen molar-refractivity contribution in [3.8, 4) is 0 Å². The molecule has 1 saturated carbocycles. The normalized spacial score (nSPS) is 25.3. The Bertz CT molecular complexity index is 539. The first-order chi connectivity index (χ1) is 12.6. The van der Waals surface area contributed by atoms with Crippen LogP contribution >= 0.6 is 0 Å². The second-order valence-electron chi connectivity index (χ2n) is 9.57. The van der Waals surface area contributed by atoms with Crippen molar-refractivity contribution in [3.05, 3.63) is 0 Å². The van der Waals surface area contributed by atoms with Gasteiger partial charge in [-0.2, -0.15) is 0 Å². The van der Waals surface area contributed by atoms with E-state index in [-0.39, 0.29) is 35.2 Å². The Balaban J connectivity index is 0.000000244. The van der Waals surface area contributed by atoms with Crippen molar-refractivity contribution in [1.29, 1.82) is 0 Å². The minimum absolute atomic E-state index is 0.0209. The van der Waals surface area contributed by atoms with E-state index < -0.39 is 0 Å². The summed E-state index contributed by atoms with van der Waals surface area (Å²) in [7, 11) is 0. The summed E-state index contributed by atoms with van der Waals surface area (Å²) in [5.41, 5.74) is -0.385. The lowest BCUT2D eigenvalue weighted by molar-refractivity contribution is -0.147. The van der Waals surface area contributed by atoms with E-state index in [1.54, 1.807) is 4.90 Å². The number of nitrogens with zero attached hydrogens (tertiary/aromatic N) is 1. The first-order valence-corrected chi connectivity index (χ1v) is 10.6. The van der Waals surface area contributed by atoms with Gasteiger partial charge < -0.3 is 9.64 Å². The van der Waals surface area contributed by atoms with Crippen LogP contribution in [-0.2, 0) is 19.1 Å². The molecular weight excluding hydrogens is 342 g/mol. The van der Waals surface area contributed by atoms with E-state index in [0.717, 1.165) is 38.0 Å². The molecule has 2 saturated heterocycles. The van der Waals surface area contributed by atoms with Gasteiger partial charge in [0.15, 0.2) is 5.78 Å². The Kier molecular flexibility index (Phi) is 7.61. The molecular formula is C22H37NO4. The monoisotopic (exact) mass is 379 g/mol. The number of hydrogen-bond donors (Lipinski definition) is 0. The molecule has 2 aliphatic heterocycles. The van der Waals surface area contributed by atoms with Crippen molar-refractivity contribution in [2.24, 2.45) is 17.3 Å². The number of amides is 1. The molecule has 0 aromatic heterocycles. The Labute approximate surface area is 164 Å². The van der Waals surface area contributed by atoms with Crippen LogP contribution in [0.5, 0.6) is 0 Å². The molecule has 0 aromatic carbocycles. The molecule has 0 N–H and O–H groups in total. The van der Waals surface area contributed by atoms with Crippen molar-refractivity contribution < 1.29 is 19.1 Å². The first-order valence-electron chi connectivity index (χ1n) is 10.6. The van der Waals surface area contributed by atoms with Crippen molar-refractivity contribution in [1.82, 2.24) is 4.90 Å². The third-order valence-corrected chi connectivity index (χ3v) is 5.61. The molecule has 1 amide bonds. The van der Waals surface area contributed by atoms with Crippen LogP contribution in [0.25, 0.3) is 0 Å². The number of carbonyl (C=O) groups excluding carboxylic acids is 3. The van der Waals surface area contributed by atoms with E-state index >= 15 is 0 Å². The van der Waals surface area contributed by atoms with Crippen LogP contribution in [0, 0.1) is 17.3 Å². The summed E-state index contributed by atoms with van der Waals surface area (Å²) in [4.78, 5) is 37.4. The molecule has 0 radical (unpaired) electrons. The zero-order chi connectivity index (χ0) is 20.2. The minimum Gasteiger partial charge on any atom is -0.368 e.